The second-order valence-corrected chi connectivity index (χ2v) is 5.53. The molecule has 116 valence electrons. The molecular formula is C16H17Cl2N3O. The number of hydrogen-bond acceptors (Lipinski definition) is 3. The van der Waals surface area contributed by atoms with Gasteiger partial charge in [0.25, 0.3) is 5.91 Å². The first kappa shape index (κ1) is 16.6. The zero-order chi connectivity index (χ0) is 16.1. The van der Waals surface area contributed by atoms with Crippen LogP contribution in [0.3, 0.4) is 0 Å². The summed E-state index contributed by atoms with van der Waals surface area (Å²) in [6.45, 7) is 5.21. The van der Waals surface area contributed by atoms with Gasteiger partial charge >= 0.3 is 0 Å². The summed E-state index contributed by atoms with van der Waals surface area (Å²) in [6, 6.07) is 6.91. The third-order valence-corrected chi connectivity index (χ3v) is 3.81. The number of benzene rings is 1. The van der Waals surface area contributed by atoms with Crippen molar-refractivity contribution in [2.24, 2.45) is 0 Å². The van der Waals surface area contributed by atoms with Crippen molar-refractivity contribution in [2.45, 2.75) is 13.8 Å². The Hall–Kier alpha value is -1.78. The summed E-state index contributed by atoms with van der Waals surface area (Å²) in [4.78, 5) is 18.2. The maximum absolute atomic E-state index is 12.3. The van der Waals surface area contributed by atoms with E-state index in [9.17, 15) is 4.79 Å². The van der Waals surface area contributed by atoms with Gasteiger partial charge in [0.15, 0.2) is 0 Å². The van der Waals surface area contributed by atoms with E-state index >= 15 is 0 Å². The van der Waals surface area contributed by atoms with E-state index in [2.05, 4.69) is 10.3 Å². The molecule has 0 spiro atoms. The first-order chi connectivity index (χ1) is 10.5. The second-order valence-electron chi connectivity index (χ2n) is 4.69. The molecule has 0 aliphatic rings. The molecule has 4 nitrogen and oxygen atoms in total. The zero-order valence-corrected chi connectivity index (χ0v) is 13.9. The topological polar surface area (TPSA) is 45.2 Å². The van der Waals surface area contributed by atoms with Gasteiger partial charge in [0.05, 0.1) is 28.2 Å². The maximum atomic E-state index is 12.3. The van der Waals surface area contributed by atoms with Crippen LogP contribution in [0, 0.1) is 0 Å². The summed E-state index contributed by atoms with van der Waals surface area (Å²) in [7, 11) is 0. The molecule has 1 amide bonds. The molecular weight excluding hydrogens is 321 g/mol. The molecule has 2 rings (SSSR count). The number of carbonyl (C=O) groups is 1. The molecule has 22 heavy (non-hydrogen) atoms. The highest BCUT2D eigenvalue weighted by Crippen LogP contribution is 2.28. The molecule has 1 aromatic heterocycles. The molecule has 0 bridgehead atoms. The van der Waals surface area contributed by atoms with Gasteiger partial charge in [-0.3, -0.25) is 9.78 Å². The van der Waals surface area contributed by atoms with Gasteiger partial charge in [-0.2, -0.15) is 0 Å². The molecule has 0 atom stereocenters. The Bertz CT molecular complexity index is 672. The van der Waals surface area contributed by atoms with Gasteiger partial charge in [-0.1, -0.05) is 23.2 Å². The first-order valence-corrected chi connectivity index (χ1v) is 7.77. The minimum absolute atomic E-state index is 0.0432. The normalized spacial score (nSPS) is 10.4. The van der Waals surface area contributed by atoms with Crippen LogP contribution in [-0.4, -0.2) is 28.9 Å². The number of anilines is 2. The van der Waals surface area contributed by atoms with Crippen LogP contribution in [-0.2, 0) is 0 Å². The summed E-state index contributed by atoms with van der Waals surface area (Å²) in [6.07, 6.45) is 3.20. The second kappa shape index (κ2) is 7.47. The summed E-state index contributed by atoms with van der Waals surface area (Å²) >= 11 is 12.1. The molecule has 2 aromatic rings. The Labute approximate surface area is 140 Å². The Morgan fingerprint density at radius 1 is 1.18 bits per heavy atom. The highest BCUT2D eigenvalue weighted by atomic mass is 35.5. The van der Waals surface area contributed by atoms with Crippen molar-refractivity contribution in [2.75, 3.05) is 18.4 Å². The van der Waals surface area contributed by atoms with Gasteiger partial charge in [0, 0.05) is 24.3 Å². The summed E-state index contributed by atoms with van der Waals surface area (Å²) in [5.74, 6) is -0.0432. The van der Waals surface area contributed by atoms with Crippen molar-refractivity contribution in [1.29, 1.82) is 0 Å². The quantitative estimate of drug-likeness (QED) is 0.866. The average Bonchev–Trinajstić information content (AvgIpc) is 2.52. The molecule has 6 heteroatoms. The monoisotopic (exact) mass is 337 g/mol. The van der Waals surface area contributed by atoms with Gasteiger partial charge in [-0.25, -0.2) is 0 Å². The first-order valence-electron chi connectivity index (χ1n) is 7.01. The van der Waals surface area contributed by atoms with E-state index in [0.717, 1.165) is 0 Å². The van der Waals surface area contributed by atoms with Crippen LogP contribution in [0.2, 0.25) is 10.0 Å². The fourth-order valence-electron chi connectivity index (χ4n) is 2.07. The minimum Gasteiger partial charge on any atom is -0.353 e. The van der Waals surface area contributed by atoms with Crippen LogP contribution < -0.4 is 5.32 Å². The number of amides is 1. The molecule has 0 fully saturated rings. The van der Waals surface area contributed by atoms with Crippen molar-refractivity contribution in [3.05, 3.63) is 52.3 Å². The highest BCUT2D eigenvalue weighted by molar-refractivity contribution is 6.35. The zero-order valence-electron chi connectivity index (χ0n) is 12.4. The van der Waals surface area contributed by atoms with E-state index in [0.29, 0.717) is 40.1 Å². The van der Waals surface area contributed by atoms with Gasteiger partial charge in [0.2, 0.25) is 0 Å². The van der Waals surface area contributed by atoms with Gasteiger partial charge in [-0.05, 0) is 38.1 Å². The van der Waals surface area contributed by atoms with Crippen LogP contribution >= 0.6 is 23.2 Å². The average molecular weight is 338 g/mol. The Balaban J connectivity index is 2.25. The van der Waals surface area contributed by atoms with E-state index in [1.165, 1.54) is 0 Å². The van der Waals surface area contributed by atoms with Gasteiger partial charge in [0.1, 0.15) is 0 Å². The molecule has 0 unspecified atom stereocenters. The molecule has 0 saturated heterocycles. The lowest BCUT2D eigenvalue weighted by Gasteiger charge is -2.18. The fourth-order valence-corrected chi connectivity index (χ4v) is 2.40. The van der Waals surface area contributed by atoms with Gasteiger partial charge in [-0.15, -0.1) is 0 Å². The van der Waals surface area contributed by atoms with Crippen molar-refractivity contribution < 1.29 is 4.79 Å². The molecule has 1 N–H and O–H groups in total. The maximum Gasteiger partial charge on any atom is 0.255 e. The van der Waals surface area contributed by atoms with Gasteiger partial charge < -0.3 is 10.2 Å². The lowest BCUT2D eigenvalue weighted by molar-refractivity contribution is 0.0772. The smallest absolute Gasteiger partial charge is 0.255 e. The van der Waals surface area contributed by atoms with Crippen LogP contribution in [0.15, 0.2) is 36.7 Å². The van der Waals surface area contributed by atoms with E-state index in [4.69, 9.17) is 23.2 Å². The summed E-state index contributed by atoms with van der Waals surface area (Å²) < 4.78 is 0. The van der Waals surface area contributed by atoms with Crippen molar-refractivity contribution in [3.63, 3.8) is 0 Å². The number of pyridine rings is 1. The molecule has 0 aliphatic heterocycles. The van der Waals surface area contributed by atoms with Crippen molar-refractivity contribution in [1.82, 2.24) is 9.88 Å². The van der Waals surface area contributed by atoms with Crippen LogP contribution in [0.4, 0.5) is 11.4 Å². The standard InChI is InChI=1S/C16H17Cl2N3O/c1-3-21(4-2)16(22)11-7-13(10-19-9-11)20-15-8-12(17)5-6-14(15)18/h5-10,20H,3-4H2,1-2H3. The van der Waals surface area contributed by atoms with Crippen LogP contribution in [0.5, 0.6) is 0 Å². The highest BCUT2D eigenvalue weighted by Gasteiger charge is 2.13. The molecule has 0 aliphatic carbocycles. The Morgan fingerprint density at radius 3 is 2.59 bits per heavy atom. The number of rotatable bonds is 5. The lowest BCUT2D eigenvalue weighted by Crippen LogP contribution is -2.30. The Kier molecular flexibility index (Phi) is 5.63. The van der Waals surface area contributed by atoms with E-state index < -0.39 is 0 Å². The van der Waals surface area contributed by atoms with E-state index in [1.807, 2.05) is 13.8 Å². The molecule has 0 saturated carbocycles. The summed E-state index contributed by atoms with van der Waals surface area (Å²) in [5.41, 5.74) is 1.89. The summed E-state index contributed by atoms with van der Waals surface area (Å²) in [5, 5.41) is 4.26. The number of nitrogens with one attached hydrogen (secondary N) is 1. The number of halogens is 2. The molecule has 1 heterocycles. The lowest BCUT2D eigenvalue weighted by atomic mass is 10.2. The largest absolute Gasteiger partial charge is 0.353 e. The predicted molar refractivity (Wildman–Crippen MR) is 91.2 cm³/mol. The van der Waals surface area contributed by atoms with E-state index in [1.54, 1.807) is 41.6 Å². The van der Waals surface area contributed by atoms with Crippen molar-refractivity contribution in [3.8, 4) is 0 Å². The fraction of sp³-hybridized carbons (Fsp3) is 0.250. The minimum atomic E-state index is -0.0432. The van der Waals surface area contributed by atoms with E-state index in [-0.39, 0.29) is 5.91 Å². The van der Waals surface area contributed by atoms with Crippen molar-refractivity contribution >= 4 is 40.5 Å². The predicted octanol–water partition coefficient (Wildman–Crippen LogP) is 4.61. The number of carbonyl (C=O) groups excluding carboxylic acids is 1. The van der Waals surface area contributed by atoms with Crippen LogP contribution in [0.25, 0.3) is 0 Å². The third-order valence-electron chi connectivity index (χ3n) is 3.24. The third kappa shape index (κ3) is 3.90. The SMILES string of the molecule is CCN(CC)C(=O)c1cncc(Nc2cc(Cl)ccc2Cl)c1. The number of aromatic nitrogens is 1. The molecule has 0 radical (unpaired) electrons. The molecule has 1 aromatic carbocycles. The Morgan fingerprint density at radius 2 is 1.91 bits per heavy atom. The number of hydrogen-bond donors (Lipinski definition) is 1. The van der Waals surface area contributed by atoms with Crippen LogP contribution in [0.1, 0.15) is 24.2 Å². The number of nitrogens with zero attached hydrogens (tertiary/aromatic N) is 2.